The minimum absolute atomic E-state index is 0.240. The fourth-order valence-corrected chi connectivity index (χ4v) is 2.65. The summed E-state index contributed by atoms with van der Waals surface area (Å²) in [6.07, 6.45) is 3.46. The zero-order valence-corrected chi connectivity index (χ0v) is 11.3. The highest BCUT2D eigenvalue weighted by Gasteiger charge is 2.29. The first-order chi connectivity index (χ1) is 8.70. The number of ether oxygens (including phenoxy) is 2. The Kier molecular flexibility index (Phi) is 4.61. The summed E-state index contributed by atoms with van der Waals surface area (Å²) >= 11 is 0. The van der Waals surface area contributed by atoms with Crippen LogP contribution in [0, 0.1) is 5.92 Å². The second kappa shape index (κ2) is 6.21. The van der Waals surface area contributed by atoms with Crippen molar-refractivity contribution in [3.05, 3.63) is 29.8 Å². The lowest BCUT2D eigenvalue weighted by Crippen LogP contribution is -2.34. The van der Waals surface area contributed by atoms with Gasteiger partial charge in [0.25, 0.3) is 0 Å². The van der Waals surface area contributed by atoms with Crippen LogP contribution in [0.25, 0.3) is 0 Å². The molecule has 1 fully saturated rings. The van der Waals surface area contributed by atoms with Gasteiger partial charge in [0.2, 0.25) is 0 Å². The molecule has 1 aromatic rings. The molecule has 18 heavy (non-hydrogen) atoms. The van der Waals surface area contributed by atoms with E-state index in [-0.39, 0.29) is 6.04 Å². The van der Waals surface area contributed by atoms with Gasteiger partial charge in [0, 0.05) is 18.6 Å². The molecule has 3 nitrogen and oxygen atoms in total. The molecule has 0 saturated carbocycles. The van der Waals surface area contributed by atoms with Crippen LogP contribution < -0.4 is 10.5 Å². The van der Waals surface area contributed by atoms with Crippen LogP contribution in [0.1, 0.15) is 25.3 Å². The van der Waals surface area contributed by atoms with Crippen LogP contribution in [0.5, 0.6) is 5.75 Å². The van der Waals surface area contributed by atoms with E-state index >= 15 is 0 Å². The van der Waals surface area contributed by atoms with E-state index in [9.17, 15) is 0 Å². The van der Waals surface area contributed by atoms with E-state index in [1.165, 1.54) is 5.56 Å². The lowest BCUT2D eigenvalue weighted by molar-refractivity contribution is 0.0987. The van der Waals surface area contributed by atoms with Crippen molar-refractivity contribution in [3.8, 4) is 5.75 Å². The number of hydrogen-bond donors (Lipinski definition) is 1. The number of methoxy groups -OCH3 is 1. The molecule has 3 atom stereocenters. The topological polar surface area (TPSA) is 44.5 Å². The second-order valence-electron chi connectivity index (χ2n) is 5.08. The van der Waals surface area contributed by atoms with Crippen LogP contribution >= 0.6 is 0 Å². The molecule has 0 spiro atoms. The lowest BCUT2D eigenvalue weighted by Gasteiger charge is -2.21. The highest BCUT2D eigenvalue weighted by Crippen LogP contribution is 2.25. The number of rotatable bonds is 5. The van der Waals surface area contributed by atoms with Gasteiger partial charge in [0.1, 0.15) is 5.75 Å². The first kappa shape index (κ1) is 13.4. The molecule has 1 aliphatic rings. The quantitative estimate of drug-likeness (QED) is 0.871. The molecule has 1 heterocycles. The molecule has 0 aromatic heterocycles. The Morgan fingerprint density at radius 1 is 1.39 bits per heavy atom. The Balaban J connectivity index is 1.83. The molecule has 2 rings (SSSR count). The average molecular weight is 249 g/mol. The van der Waals surface area contributed by atoms with Crippen molar-refractivity contribution in [2.24, 2.45) is 11.7 Å². The van der Waals surface area contributed by atoms with Crippen molar-refractivity contribution >= 4 is 0 Å². The van der Waals surface area contributed by atoms with Crippen molar-refractivity contribution in [2.75, 3.05) is 13.7 Å². The Hall–Kier alpha value is -1.06. The highest BCUT2D eigenvalue weighted by atomic mass is 16.5. The molecular formula is C15H23NO2. The smallest absolute Gasteiger partial charge is 0.118 e. The van der Waals surface area contributed by atoms with Gasteiger partial charge in [0.15, 0.2) is 0 Å². The van der Waals surface area contributed by atoms with Crippen molar-refractivity contribution in [1.82, 2.24) is 0 Å². The molecule has 3 heteroatoms. The largest absolute Gasteiger partial charge is 0.497 e. The van der Waals surface area contributed by atoms with E-state index in [4.69, 9.17) is 15.2 Å². The zero-order valence-electron chi connectivity index (χ0n) is 11.3. The van der Waals surface area contributed by atoms with Gasteiger partial charge in [0.05, 0.1) is 13.2 Å². The van der Waals surface area contributed by atoms with Gasteiger partial charge < -0.3 is 15.2 Å². The number of nitrogens with two attached hydrogens (primary N) is 1. The Morgan fingerprint density at radius 3 is 2.67 bits per heavy atom. The fraction of sp³-hybridized carbons (Fsp3) is 0.600. The second-order valence-corrected chi connectivity index (χ2v) is 5.08. The van der Waals surface area contributed by atoms with E-state index in [1.807, 2.05) is 12.1 Å². The fourth-order valence-electron chi connectivity index (χ4n) is 2.65. The van der Waals surface area contributed by atoms with Crippen molar-refractivity contribution in [2.45, 2.75) is 38.3 Å². The molecule has 0 aliphatic carbocycles. The van der Waals surface area contributed by atoms with Gasteiger partial charge in [-0.25, -0.2) is 0 Å². The third kappa shape index (κ3) is 3.24. The summed E-state index contributed by atoms with van der Waals surface area (Å²) in [6, 6.07) is 8.47. The third-order valence-electron chi connectivity index (χ3n) is 3.91. The highest BCUT2D eigenvalue weighted by molar-refractivity contribution is 5.27. The van der Waals surface area contributed by atoms with Gasteiger partial charge in [-0.1, -0.05) is 12.1 Å². The zero-order chi connectivity index (χ0) is 13.0. The first-order valence-electron chi connectivity index (χ1n) is 6.71. The number of hydrogen-bond acceptors (Lipinski definition) is 3. The monoisotopic (exact) mass is 249 g/mol. The maximum Gasteiger partial charge on any atom is 0.118 e. The van der Waals surface area contributed by atoms with Crippen LogP contribution in [-0.2, 0) is 11.2 Å². The summed E-state index contributed by atoms with van der Waals surface area (Å²) in [5, 5.41) is 0. The summed E-state index contributed by atoms with van der Waals surface area (Å²) in [5.74, 6) is 1.42. The van der Waals surface area contributed by atoms with E-state index < -0.39 is 0 Å². The maximum atomic E-state index is 6.27. The van der Waals surface area contributed by atoms with Crippen LogP contribution in [0.2, 0.25) is 0 Å². The van der Waals surface area contributed by atoms with Crippen LogP contribution in [0.3, 0.4) is 0 Å². The van der Waals surface area contributed by atoms with Gasteiger partial charge in [-0.15, -0.1) is 0 Å². The van der Waals surface area contributed by atoms with Gasteiger partial charge >= 0.3 is 0 Å². The number of benzene rings is 1. The predicted molar refractivity (Wildman–Crippen MR) is 72.8 cm³/mol. The Morgan fingerprint density at radius 2 is 2.11 bits per heavy atom. The van der Waals surface area contributed by atoms with Crippen molar-refractivity contribution in [1.29, 1.82) is 0 Å². The summed E-state index contributed by atoms with van der Waals surface area (Å²) < 4.78 is 10.7. The van der Waals surface area contributed by atoms with Crippen molar-refractivity contribution < 1.29 is 9.47 Å². The summed E-state index contributed by atoms with van der Waals surface area (Å²) in [5.41, 5.74) is 7.59. The molecule has 1 aromatic carbocycles. The molecule has 2 N–H and O–H groups in total. The van der Waals surface area contributed by atoms with E-state index in [1.54, 1.807) is 7.11 Å². The molecule has 3 unspecified atom stereocenters. The van der Waals surface area contributed by atoms with Gasteiger partial charge in [-0.3, -0.25) is 0 Å². The molecule has 1 aliphatic heterocycles. The van der Waals surface area contributed by atoms with Gasteiger partial charge in [-0.05, 0) is 43.9 Å². The first-order valence-corrected chi connectivity index (χ1v) is 6.71. The van der Waals surface area contributed by atoms with E-state index in [2.05, 4.69) is 19.1 Å². The summed E-state index contributed by atoms with van der Waals surface area (Å²) in [4.78, 5) is 0. The van der Waals surface area contributed by atoms with E-state index in [0.717, 1.165) is 31.6 Å². The molecule has 1 saturated heterocycles. The lowest BCUT2D eigenvalue weighted by atomic mass is 9.90. The molecule has 0 radical (unpaired) electrons. The predicted octanol–water partition coefficient (Wildman–Crippen LogP) is 2.38. The van der Waals surface area contributed by atoms with Crippen LogP contribution in [0.4, 0.5) is 0 Å². The minimum atomic E-state index is 0.240. The number of aryl methyl sites for hydroxylation is 1. The van der Waals surface area contributed by atoms with Crippen molar-refractivity contribution in [3.63, 3.8) is 0 Å². The molecule has 100 valence electrons. The summed E-state index contributed by atoms with van der Waals surface area (Å²) in [6.45, 7) is 2.99. The SMILES string of the molecule is COc1ccc(CCC(N)C2CCOC2C)cc1. The van der Waals surface area contributed by atoms with Crippen LogP contribution in [0.15, 0.2) is 24.3 Å². The third-order valence-corrected chi connectivity index (χ3v) is 3.91. The average Bonchev–Trinajstić information content (AvgIpc) is 2.83. The maximum absolute atomic E-state index is 6.27. The molecular weight excluding hydrogens is 226 g/mol. The normalized spacial score (nSPS) is 25.1. The van der Waals surface area contributed by atoms with Crippen LogP contribution in [-0.4, -0.2) is 25.9 Å². The minimum Gasteiger partial charge on any atom is -0.497 e. The van der Waals surface area contributed by atoms with Gasteiger partial charge in [-0.2, -0.15) is 0 Å². The molecule has 0 bridgehead atoms. The Labute approximate surface area is 109 Å². The molecule has 0 amide bonds. The summed E-state index contributed by atoms with van der Waals surface area (Å²) in [7, 11) is 1.69. The van der Waals surface area contributed by atoms with E-state index in [0.29, 0.717) is 12.0 Å². The standard InChI is InChI=1S/C15H23NO2/c1-11-14(9-10-18-11)15(16)8-5-12-3-6-13(17-2)7-4-12/h3-4,6-7,11,14-15H,5,8-10,16H2,1-2H3. The Bertz CT molecular complexity index is 363.